The number of hydrogen-bond acceptors (Lipinski definition) is 11. The van der Waals surface area contributed by atoms with Crippen LogP contribution in [0.15, 0.2) is 35.3 Å². The van der Waals surface area contributed by atoms with Gasteiger partial charge in [-0.2, -0.15) is 11.8 Å². The molecule has 1 heterocycles. The lowest BCUT2D eigenvalue weighted by molar-refractivity contribution is -0.145. The molecule has 1 saturated carbocycles. The number of rotatable bonds is 24. The van der Waals surface area contributed by atoms with Crippen LogP contribution in [0.4, 0.5) is 0 Å². The summed E-state index contributed by atoms with van der Waals surface area (Å²) in [4.78, 5) is 116. The van der Waals surface area contributed by atoms with Gasteiger partial charge in [0.1, 0.15) is 42.3 Å². The molecule has 8 amide bonds. The summed E-state index contributed by atoms with van der Waals surface area (Å²) in [6, 6.07) is 0.954. The number of thioether (sulfide) groups is 1. The molecule has 1 aliphatic heterocycles. The Morgan fingerprint density at radius 3 is 2.03 bits per heavy atom. The van der Waals surface area contributed by atoms with Crippen LogP contribution >= 0.6 is 11.8 Å². The van der Waals surface area contributed by atoms with Gasteiger partial charge in [0, 0.05) is 33.0 Å². The van der Waals surface area contributed by atoms with Gasteiger partial charge >= 0.3 is 0 Å². The Bertz CT molecular complexity index is 1890. The van der Waals surface area contributed by atoms with E-state index in [0.29, 0.717) is 25.0 Å². The van der Waals surface area contributed by atoms with Crippen LogP contribution < -0.4 is 43.8 Å². The van der Waals surface area contributed by atoms with Crippen molar-refractivity contribution in [3.63, 3.8) is 0 Å². The van der Waals surface area contributed by atoms with Crippen molar-refractivity contribution in [1.29, 1.82) is 0 Å². The smallest absolute Gasteiger partial charge is 0.245 e. The van der Waals surface area contributed by atoms with Crippen LogP contribution in [0.2, 0.25) is 0 Å². The minimum atomic E-state index is -1.50. The zero-order valence-electron chi connectivity index (χ0n) is 40.2. The van der Waals surface area contributed by atoms with E-state index in [2.05, 4.69) is 31.6 Å². The Morgan fingerprint density at radius 2 is 1.46 bits per heavy atom. The lowest BCUT2D eigenvalue weighted by Gasteiger charge is -2.34. The molecule has 12 N–H and O–H groups in total. The number of hydrogen-bond donors (Lipinski definition) is 9. The highest BCUT2D eigenvalue weighted by atomic mass is 32.2. The minimum absolute atomic E-state index is 0.104. The first-order chi connectivity index (χ1) is 31.6. The largest absolute Gasteiger partial charge is 0.394 e. The van der Waals surface area contributed by atoms with E-state index in [9.17, 15) is 43.5 Å². The number of aliphatic hydroxyl groups is 1. The number of carbonyl (C=O) groups is 8. The number of primary amides is 1. The predicted molar refractivity (Wildman–Crippen MR) is 257 cm³/mol. The van der Waals surface area contributed by atoms with Gasteiger partial charge in [0.05, 0.1) is 6.61 Å². The first-order valence-electron chi connectivity index (χ1n) is 23.2. The van der Waals surface area contributed by atoms with E-state index < -0.39 is 102 Å². The highest BCUT2D eigenvalue weighted by molar-refractivity contribution is 7.98. The fraction of sp³-hybridized carbons (Fsp3) is 0.674. The normalized spacial score (nSPS) is 19.0. The number of aliphatic hydroxyl groups excluding tert-OH is 1. The van der Waals surface area contributed by atoms with Gasteiger partial charge < -0.3 is 58.7 Å². The van der Waals surface area contributed by atoms with Gasteiger partial charge in [-0.1, -0.05) is 83.2 Å². The van der Waals surface area contributed by atoms with E-state index in [0.717, 1.165) is 37.7 Å². The number of nitrogens with two attached hydrogens (primary N) is 3. The molecule has 20 nitrogen and oxygen atoms in total. The zero-order valence-corrected chi connectivity index (χ0v) is 41.0. The first-order valence-corrected chi connectivity index (χ1v) is 24.6. The molecule has 0 radical (unpaired) electrons. The molecule has 1 aromatic rings. The van der Waals surface area contributed by atoms with Crippen molar-refractivity contribution in [2.45, 2.75) is 147 Å². The Hall–Kier alpha value is -5.44. The highest BCUT2D eigenvalue weighted by Gasteiger charge is 2.46. The summed E-state index contributed by atoms with van der Waals surface area (Å²) < 4.78 is 0. The molecule has 0 bridgehead atoms. The molecule has 2 aliphatic rings. The van der Waals surface area contributed by atoms with Gasteiger partial charge in [-0.3, -0.25) is 43.3 Å². The van der Waals surface area contributed by atoms with Crippen LogP contribution in [-0.2, 0) is 38.4 Å². The summed E-state index contributed by atoms with van der Waals surface area (Å²) in [7, 11) is 1.42. The molecule has 1 aromatic carbocycles. The van der Waals surface area contributed by atoms with Crippen LogP contribution in [0.5, 0.6) is 0 Å². The topological polar surface area (TPSA) is 314 Å². The lowest BCUT2D eigenvalue weighted by atomic mass is 9.84. The van der Waals surface area contributed by atoms with Crippen LogP contribution in [0.3, 0.4) is 0 Å². The van der Waals surface area contributed by atoms with E-state index in [4.69, 9.17) is 17.2 Å². The third-order valence-corrected chi connectivity index (χ3v) is 13.2. The molecule has 21 heteroatoms. The van der Waals surface area contributed by atoms with E-state index in [1.807, 2.05) is 24.5 Å². The fourth-order valence-electron chi connectivity index (χ4n) is 8.69. The van der Waals surface area contributed by atoms with E-state index >= 15 is 0 Å². The van der Waals surface area contributed by atoms with Crippen molar-refractivity contribution in [3.05, 3.63) is 35.9 Å². The Labute approximate surface area is 398 Å². The molecule has 8 atom stereocenters. The monoisotopic (exact) mass is 958 g/mol. The third kappa shape index (κ3) is 17.0. The molecule has 1 saturated heterocycles. The summed E-state index contributed by atoms with van der Waals surface area (Å²) in [6.07, 6.45) is 8.21. The van der Waals surface area contributed by atoms with E-state index in [1.165, 1.54) is 42.5 Å². The summed E-state index contributed by atoms with van der Waals surface area (Å²) in [6.45, 7) is 7.38. The summed E-state index contributed by atoms with van der Waals surface area (Å²) in [5, 5.41) is 23.8. The molecular weight excluding hydrogens is 883 g/mol. The summed E-state index contributed by atoms with van der Waals surface area (Å²) in [5.74, 6) is -5.13. The quantitative estimate of drug-likeness (QED) is 0.0375. The average Bonchev–Trinajstić information content (AvgIpc) is 3.73. The zero-order chi connectivity index (χ0) is 50.0. The molecule has 1 aliphatic carbocycles. The second-order valence-corrected chi connectivity index (χ2v) is 19.7. The Balaban J connectivity index is 1.88. The van der Waals surface area contributed by atoms with E-state index in [1.54, 1.807) is 32.9 Å². The number of aliphatic imine (C=N–C) groups is 1. The first kappa shape index (κ1) is 55.9. The van der Waals surface area contributed by atoms with Crippen molar-refractivity contribution in [2.75, 3.05) is 38.8 Å². The average molecular weight is 958 g/mol. The van der Waals surface area contributed by atoms with Crippen LogP contribution in [0.25, 0.3) is 0 Å². The Kier molecular flexibility index (Phi) is 22.3. The van der Waals surface area contributed by atoms with Gasteiger partial charge in [0.15, 0.2) is 5.96 Å². The maximum Gasteiger partial charge on any atom is 0.245 e. The molecular formula is C46H75N11O9S. The second-order valence-electron chi connectivity index (χ2n) is 18.7. The minimum Gasteiger partial charge on any atom is -0.394 e. The van der Waals surface area contributed by atoms with Gasteiger partial charge in [-0.05, 0) is 67.9 Å². The number of nitrogens with one attached hydrogen (secondary N) is 5. The molecule has 3 rings (SSSR count). The lowest BCUT2D eigenvalue weighted by Crippen LogP contribution is -2.61. The number of carbonyl (C=O) groups excluding carboxylic acids is 8. The van der Waals surface area contributed by atoms with Crippen molar-refractivity contribution in [3.8, 4) is 0 Å². The maximum absolute atomic E-state index is 14.7. The number of benzene rings is 1. The number of likely N-dealkylation sites (tertiary alicyclic amines) is 1. The van der Waals surface area contributed by atoms with Crippen molar-refractivity contribution >= 4 is 65.0 Å². The van der Waals surface area contributed by atoms with Crippen LogP contribution in [0, 0.1) is 11.3 Å². The Morgan fingerprint density at radius 1 is 0.836 bits per heavy atom. The molecule has 374 valence electrons. The van der Waals surface area contributed by atoms with Gasteiger partial charge in [0.2, 0.25) is 47.3 Å². The van der Waals surface area contributed by atoms with Crippen molar-refractivity contribution < 1.29 is 43.5 Å². The number of nitrogens with zero attached hydrogens (tertiary/aromatic N) is 3. The predicted octanol–water partition coefficient (Wildman–Crippen LogP) is -0.0373. The van der Waals surface area contributed by atoms with Crippen LogP contribution in [-0.4, -0.2) is 149 Å². The van der Waals surface area contributed by atoms with Gasteiger partial charge in [-0.25, -0.2) is 0 Å². The highest BCUT2D eigenvalue weighted by Crippen LogP contribution is 2.35. The second kappa shape index (κ2) is 26.8. The SMILES string of the molecule is CSCC[C@H](NC(=O)[C@H](C)N(C)C(=O)[C@H](CCCN=C(N)N)NC(=O)[C@H](CC1CCCCC1)NC(C)=O)C(=O)N1CCC(c2ccccc2)[C@H]1C(=O)N[C@@H](CO)C(=O)N[C@H](C(N)=O)C(C)(C)C. The van der Waals surface area contributed by atoms with Crippen molar-refractivity contribution in [1.82, 2.24) is 36.4 Å². The fourth-order valence-corrected chi connectivity index (χ4v) is 9.16. The number of likely N-dealkylation sites (N-methyl/N-ethyl adjacent to an activating group) is 1. The summed E-state index contributed by atoms with van der Waals surface area (Å²) >= 11 is 1.44. The van der Waals surface area contributed by atoms with Gasteiger partial charge in [-0.15, -0.1) is 0 Å². The number of guanidine groups is 1. The molecule has 0 spiro atoms. The van der Waals surface area contributed by atoms with Crippen molar-refractivity contribution in [2.24, 2.45) is 33.5 Å². The molecule has 67 heavy (non-hydrogen) atoms. The molecule has 2 fully saturated rings. The summed E-state index contributed by atoms with van der Waals surface area (Å²) in [5.41, 5.74) is 16.6. The molecule has 1 unspecified atom stereocenters. The van der Waals surface area contributed by atoms with Crippen LogP contribution in [0.1, 0.15) is 110 Å². The number of amides is 8. The third-order valence-electron chi connectivity index (χ3n) is 12.5. The molecule has 0 aromatic heterocycles. The van der Waals surface area contributed by atoms with Gasteiger partial charge in [0.25, 0.3) is 0 Å². The van der Waals surface area contributed by atoms with E-state index in [-0.39, 0.29) is 43.7 Å². The maximum atomic E-state index is 14.7. The standard InChI is InChI=1S/C46H75N11O9S/c1-27(56(6)43(65)32(19-14-22-50-45(48)49)53-40(62)34(51-28(2)59)25-29-15-10-8-11-16-29)39(61)52-33(21-24-67-7)44(66)57-23-20-31(30-17-12-9-13-18-30)36(57)42(64)54-35(26-58)41(63)55-37(38(47)60)46(3,4)5/h9,12-13,17-18,27,29,31-37,58H,8,10-11,14-16,19-26H2,1-7H3,(H2,47,60)(H,51,59)(H,52,61)(H,53,62)(H,54,64)(H,55,63)(H4,48,49,50)/t27-,31?,32-,33-,34-,35-,36-,37+/m0/s1.